The highest BCUT2D eigenvalue weighted by molar-refractivity contribution is 7.79. The van der Waals surface area contributed by atoms with Gasteiger partial charge in [-0.2, -0.15) is 0 Å². The van der Waals surface area contributed by atoms with Crippen LogP contribution in [-0.2, 0) is 9.09 Å². The fraction of sp³-hybridized carbons (Fsp3) is 0.217. The minimum atomic E-state index is -3.21. The van der Waals surface area contributed by atoms with Crippen molar-refractivity contribution in [1.29, 1.82) is 0 Å². The number of hydrogen-bond acceptors (Lipinski definition) is 3. The highest BCUT2D eigenvalue weighted by atomic mass is 31.2. The molecule has 0 saturated carbocycles. The largest absolute Gasteiger partial charge is 0.386 e. The van der Waals surface area contributed by atoms with E-state index < -0.39 is 7.37 Å². The number of nitrogens with one attached hydrogen (secondary N) is 1. The van der Waals surface area contributed by atoms with E-state index in [1.165, 1.54) is 7.11 Å². The summed E-state index contributed by atoms with van der Waals surface area (Å²) in [5.74, 6) is 0. The number of allylic oxidation sites excluding steroid dienone is 3. The van der Waals surface area contributed by atoms with E-state index in [2.05, 4.69) is 26.1 Å². The summed E-state index contributed by atoms with van der Waals surface area (Å²) in [6, 6.07) is 19.6. The quantitative estimate of drug-likeness (QED) is 0.636. The zero-order valence-electron chi connectivity index (χ0n) is 16.3. The van der Waals surface area contributed by atoms with Crippen LogP contribution in [0.1, 0.15) is 31.9 Å². The van der Waals surface area contributed by atoms with Crippen molar-refractivity contribution in [3.8, 4) is 0 Å². The second-order valence-electron chi connectivity index (χ2n) is 7.56. The first-order chi connectivity index (χ1) is 12.8. The Kier molecular flexibility index (Phi) is 5.55. The van der Waals surface area contributed by atoms with Crippen LogP contribution in [0.25, 0.3) is 10.6 Å². The Labute approximate surface area is 161 Å². The van der Waals surface area contributed by atoms with Gasteiger partial charge in [-0.1, -0.05) is 60.7 Å². The fourth-order valence-electron chi connectivity index (χ4n) is 2.96. The molecule has 0 aliphatic carbocycles. The molecule has 3 rings (SSSR count). The zero-order chi connectivity index (χ0) is 19.5. The molecule has 1 aliphatic heterocycles. The molecule has 0 saturated heterocycles. The normalized spacial score (nSPS) is 19.9. The van der Waals surface area contributed by atoms with Crippen molar-refractivity contribution in [1.82, 2.24) is 5.32 Å². The molecule has 1 N–H and O–H groups in total. The van der Waals surface area contributed by atoms with Crippen LogP contribution in [0.3, 0.4) is 0 Å². The predicted octanol–water partition coefficient (Wildman–Crippen LogP) is 6.28. The molecule has 0 spiro atoms. The van der Waals surface area contributed by atoms with E-state index in [4.69, 9.17) is 4.52 Å². The second-order valence-corrected chi connectivity index (χ2v) is 10.00. The molecular formula is C23H26NO2P. The topological polar surface area (TPSA) is 38.3 Å². The molecule has 1 heterocycles. The highest BCUT2D eigenvalue weighted by Crippen LogP contribution is 2.70. The summed E-state index contributed by atoms with van der Waals surface area (Å²) in [6.07, 6.45) is 5.90. The van der Waals surface area contributed by atoms with Crippen molar-refractivity contribution in [3.63, 3.8) is 0 Å². The van der Waals surface area contributed by atoms with Crippen LogP contribution >= 0.6 is 7.37 Å². The average molecular weight is 379 g/mol. The van der Waals surface area contributed by atoms with E-state index in [9.17, 15) is 4.57 Å². The van der Waals surface area contributed by atoms with Crippen LogP contribution in [0.5, 0.6) is 0 Å². The van der Waals surface area contributed by atoms with Gasteiger partial charge < -0.3 is 9.84 Å². The van der Waals surface area contributed by atoms with Crippen molar-refractivity contribution in [3.05, 3.63) is 95.7 Å². The van der Waals surface area contributed by atoms with E-state index in [0.717, 1.165) is 16.7 Å². The Morgan fingerprint density at radius 1 is 0.852 bits per heavy atom. The summed E-state index contributed by atoms with van der Waals surface area (Å²) < 4.78 is 19.7. The van der Waals surface area contributed by atoms with Gasteiger partial charge in [0, 0.05) is 29.5 Å². The molecule has 2 aromatic rings. The van der Waals surface area contributed by atoms with E-state index in [1.807, 2.05) is 79.0 Å². The Morgan fingerprint density at radius 3 is 1.67 bits per heavy atom. The molecule has 0 aromatic heterocycles. The van der Waals surface area contributed by atoms with Crippen LogP contribution in [0, 0.1) is 0 Å². The number of hydrogen-bond donors (Lipinski definition) is 1. The molecule has 27 heavy (non-hydrogen) atoms. The molecule has 1 aliphatic rings. The molecule has 140 valence electrons. The number of rotatable bonds is 4. The Morgan fingerprint density at radius 2 is 1.30 bits per heavy atom. The molecule has 0 bridgehead atoms. The highest BCUT2D eigenvalue weighted by Gasteiger charge is 2.36. The summed E-state index contributed by atoms with van der Waals surface area (Å²) in [5, 5.41) is 4.83. The smallest absolute Gasteiger partial charge is 0.262 e. The minimum Gasteiger partial charge on any atom is -0.386 e. The second kappa shape index (κ2) is 7.72. The van der Waals surface area contributed by atoms with Crippen LogP contribution < -0.4 is 5.32 Å². The maximum Gasteiger partial charge on any atom is 0.262 e. The van der Waals surface area contributed by atoms with Gasteiger partial charge in [-0.15, -0.1) is 0 Å². The molecule has 4 heteroatoms. The van der Waals surface area contributed by atoms with Crippen molar-refractivity contribution in [2.45, 2.75) is 26.3 Å². The molecule has 0 radical (unpaired) electrons. The minimum absolute atomic E-state index is 0.0586. The summed E-state index contributed by atoms with van der Waals surface area (Å²) in [6.45, 7) is 6.32. The molecule has 0 fully saturated rings. The summed E-state index contributed by atoms with van der Waals surface area (Å²) in [7, 11) is -1.68. The maximum atomic E-state index is 14.0. The average Bonchev–Trinajstić information content (AvgIpc) is 2.67. The first-order valence-electron chi connectivity index (χ1n) is 9.02. The van der Waals surface area contributed by atoms with E-state index >= 15 is 0 Å². The lowest BCUT2D eigenvalue weighted by Crippen LogP contribution is -2.31. The van der Waals surface area contributed by atoms with Crippen LogP contribution in [0.4, 0.5) is 0 Å². The molecule has 0 amide bonds. The third kappa shape index (κ3) is 4.32. The Hall–Kier alpha value is -2.35. The van der Waals surface area contributed by atoms with Crippen molar-refractivity contribution in [2.24, 2.45) is 0 Å². The maximum absolute atomic E-state index is 14.0. The molecule has 3 nitrogen and oxygen atoms in total. The Balaban J connectivity index is 2.19. The number of benzene rings is 2. The standard InChI is InChI=1S/C23H26NO2P/c1-23(2,3)24-17-18-15-21(19-11-7-5-8-12-19)27(25,26-4)22(16-18)20-13-9-6-10-14-20/h5-17,24H,1-4H3. The van der Waals surface area contributed by atoms with Crippen LogP contribution in [-0.4, -0.2) is 12.6 Å². The monoisotopic (exact) mass is 379 g/mol. The third-order valence-electron chi connectivity index (χ3n) is 4.31. The lowest BCUT2D eigenvalue weighted by molar-refractivity contribution is 0.413. The predicted molar refractivity (Wildman–Crippen MR) is 114 cm³/mol. The van der Waals surface area contributed by atoms with Gasteiger partial charge in [0.15, 0.2) is 0 Å². The summed E-state index contributed by atoms with van der Waals surface area (Å²) >= 11 is 0. The first-order valence-corrected chi connectivity index (χ1v) is 10.6. The van der Waals surface area contributed by atoms with Crippen molar-refractivity contribution in [2.75, 3.05) is 7.11 Å². The molecule has 0 unspecified atom stereocenters. The van der Waals surface area contributed by atoms with Crippen molar-refractivity contribution < 1.29 is 9.09 Å². The molecular weight excluding hydrogens is 353 g/mol. The van der Waals surface area contributed by atoms with Crippen LogP contribution in [0.15, 0.2) is 84.6 Å². The van der Waals surface area contributed by atoms with Crippen LogP contribution in [0.2, 0.25) is 0 Å². The van der Waals surface area contributed by atoms with Gasteiger partial charge >= 0.3 is 0 Å². The lowest BCUT2D eigenvalue weighted by atomic mass is 10.1. The molecule has 0 atom stereocenters. The zero-order valence-corrected chi connectivity index (χ0v) is 17.2. The van der Waals surface area contributed by atoms with E-state index in [-0.39, 0.29) is 5.54 Å². The van der Waals surface area contributed by atoms with E-state index in [1.54, 1.807) is 0 Å². The van der Waals surface area contributed by atoms with Gasteiger partial charge in [-0.05, 0) is 49.6 Å². The van der Waals surface area contributed by atoms with Gasteiger partial charge in [-0.3, -0.25) is 4.57 Å². The summed E-state index contributed by atoms with van der Waals surface area (Å²) in [4.78, 5) is 0. The third-order valence-corrected chi connectivity index (χ3v) is 6.87. The van der Waals surface area contributed by atoms with E-state index in [0.29, 0.717) is 10.6 Å². The van der Waals surface area contributed by atoms with Gasteiger partial charge in [0.1, 0.15) is 0 Å². The fourth-order valence-corrected chi connectivity index (χ4v) is 5.23. The van der Waals surface area contributed by atoms with Gasteiger partial charge in [-0.25, -0.2) is 0 Å². The first kappa shape index (κ1) is 19.4. The van der Waals surface area contributed by atoms with Gasteiger partial charge in [0.25, 0.3) is 7.37 Å². The Bertz CT molecular complexity index is 872. The summed E-state index contributed by atoms with van der Waals surface area (Å²) in [5.41, 5.74) is 2.72. The molecule has 2 aromatic carbocycles. The van der Waals surface area contributed by atoms with Gasteiger partial charge in [0.2, 0.25) is 0 Å². The van der Waals surface area contributed by atoms with Crippen molar-refractivity contribution >= 4 is 18.0 Å². The SMILES string of the molecule is COP1(=O)C(c2ccccc2)=CC(=CNC(C)(C)C)C=C1c1ccccc1. The lowest BCUT2D eigenvalue weighted by Gasteiger charge is -2.27. The van der Waals surface area contributed by atoms with Gasteiger partial charge in [0.05, 0.1) is 0 Å².